The maximum atomic E-state index is 8.76. The van der Waals surface area contributed by atoms with E-state index in [1.54, 1.807) is 0 Å². The molecule has 1 aliphatic carbocycles. The fourth-order valence-electron chi connectivity index (χ4n) is 3.25. The van der Waals surface area contributed by atoms with Crippen molar-refractivity contribution >= 4 is 0 Å². The lowest BCUT2D eigenvalue weighted by molar-refractivity contribution is 0.0598. The number of rotatable bonds is 2. The van der Waals surface area contributed by atoms with Crippen LogP contribution in [0.25, 0.3) is 0 Å². The molecule has 1 unspecified atom stereocenters. The number of likely N-dealkylation sites (tertiary alicyclic amines) is 1. The van der Waals surface area contributed by atoms with E-state index in [4.69, 9.17) is 11.0 Å². The van der Waals surface area contributed by atoms with E-state index in [0.29, 0.717) is 0 Å². The molecular formula is C12H21N3. The first-order valence-electron chi connectivity index (χ1n) is 6.20. The Balaban J connectivity index is 1.95. The predicted octanol–water partition coefficient (Wildman–Crippen LogP) is 1.49. The molecule has 3 atom stereocenters. The van der Waals surface area contributed by atoms with Gasteiger partial charge in [-0.3, -0.25) is 4.90 Å². The van der Waals surface area contributed by atoms with Gasteiger partial charge < -0.3 is 5.73 Å². The van der Waals surface area contributed by atoms with Gasteiger partial charge in [-0.1, -0.05) is 12.8 Å². The van der Waals surface area contributed by atoms with Crippen molar-refractivity contribution in [2.24, 2.45) is 11.7 Å². The van der Waals surface area contributed by atoms with Gasteiger partial charge in [-0.2, -0.15) is 5.26 Å². The molecule has 0 aromatic heterocycles. The highest BCUT2D eigenvalue weighted by Gasteiger charge is 2.33. The maximum Gasteiger partial charge on any atom is 0.106 e. The number of piperidine rings is 1. The molecule has 2 aliphatic rings. The van der Waals surface area contributed by atoms with Crippen LogP contribution in [0.4, 0.5) is 0 Å². The molecule has 0 radical (unpaired) electrons. The third-order valence-electron chi connectivity index (χ3n) is 3.96. The third-order valence-corrected chi connectivity index (χ3v) is 3.96. The zero-order valence-corrected chi connectivity index (χ0v) is 9.36. The fourth-order valence-corrected chi connectivity index (χ4v) is 3.25. The predicted molar refractivity (Wildman–Crippen MR) is 60.1 cm³/mol. The molecule has 84 valence electrons. The van der Waals surface area contributed by atoms with Gasteiger partial charge >= 0.3 is 0 Å². The summed E-state index contributed by atoms with van der Waals surface area (Å²) in [7, 11) is 0. The summed E-state index contributed by atoms with van der Waals surface area (Å²) in [5, 5.41) is 8.76. The maximum absolute atomic E-state index is 8.76. The van der Waals surface area contributed by atoms with Crippen LogP contribution >= 0.6 is 0 Å². The second-order valence-electron chi connectivity index (χ2n) is 4.98. The van der Waals surface area contributed by atoms with Crippen molar-refractivity contribution in [2.75, 3.05) is 13.1 Å². The van der Waals surface area contributed by atoms with E-state index >= 15 is 0 Å². The van der Waals surface area contributed by atoms with Crippen LogP contribution in [0.15, 0.2) is 0 Å². The molecule has 0 spiro atoms. The number of nitrogens with zero attached hydrogens (tertiary/aromatic N) is 2. The van der Waals surface area contributed by atoms with Gasteiger partial charge in [0.1, 0.15) is 6.04 Å². The second-order valence-corrected chi connectivity index (χ2v) is 4.98. The summed E-state index contributed by atoms with van der Waals surface area (Å²) in [4.78, 5) is 2.47. The molecule has 3 heteroatoms. The first-order valence-corrected chi connectivity index (χ1v) is 6.20. The summed E-state index contributed by atoms with van der Waals surface area (Å²) >= 11 is 0. The van der Waals surface area contributed by atoms with E-state index in [1.807, 2.05) is 0 Å². The van der Waals surface area contributed by atoms with Crippen molar-refractivity contribution < 1.29 is 0 Å². The molecule has 1 heterocycles. The first-order chi connectivity index (χ1) is 7.31. The topological polar surface area (TPSA) is 53.1 Å². The number of nitrogens with two attached hydrogens (primary N) is 1. The summed E-state index contributed by atoms with van der Waals surface area (Å²) in [6, 6.07) is 2.57. The molecule has 1 saturated heterocycles. The molecule has 1 aliphatic heterocycles. The highest BCUT2D eigenvalue weighted by atomic mass is 15.2. The van der Waals surface area contributed by atoms with Crippen LogP contribution in [-0.2, 0) is 0 Å². The molecule has 3 nitrogen and oxygen atoms in total. The molecule has 1 saturated carbocycles. The van der Waals surface area contributed by atoms with Crippen LogP contribution < -0.4 is 5.73 Å². The molecule has 0 amide bonds. The largest absolute Gasteiger partial charge is 0.315 e. The number of fused-ring (bicyclic) bond motifs is 1. The average molecular weight is 207 g/mol. The number of hydrogen-bond acceptors (Lipinski definition) is 3. The van der Waals surface area contributed by atoms with E-state index in [0.717, 1.165) is 25.0 Å². The SMILES string of the molecule is N#CC(N)CN1CCC[C@H]2CCCC[C@H]21. The van der Waals surface area contributed by atoms with Crippen molar-refractivity contribution in [3.8, 4) is 6.07 Å². The van der Waals surface area contributed by atoms with Crippen LogP contribution in [0, 0.1) is 17.2 Å². The summed E-state index contributed by atoms with van der Waals surface area (Å²) in [5.74, 6) is 0.887. The van der Waals surface area contributed by atoms with E-state index in [9.17, 15) is 0 Å². The van der Waals surface area contributed by atoms with Gasteiger partial charge in [0, 0.05) is 12.6 Å². The van der Waals surface area contributed by atoms with Gasteiger partial charge in [0.15, 0.2) is 0 Å². The second kappa shape index (κ2) is 4.96. The fraction of sp³-hybridized carbons (Fsp3) is 0.917. The Hall–Kier alpha value is -0.590. The van der Waals surface area contributed by atoms with Crippen LogP contribution in [-0.4, -0.2) is 30.1 Å². The molecular weight excluding hydrogens is 186 g/mol. The van der Waals surface area contributed by atoms with Crippen LogP contribution in [0.3, 0.4) is 0 Å². The van der Waals surface area contributed by atoms with Crippen molar-refractivity contribution in [1.29, 1.82) is 5.26 Å². The molecule has 2 fully saturated rings. The minimum absolute atomic E-state index is 0.300. The molecule has 2 N–H and O–H groups in total. The Morgan fingerprint density at radius 3 is 2.80 bits per heavy atom. The Kier molecular flexibility index (Phi) is 3.61. The lowest BCUT2D eigenvalue weighted by Gasteiger charge is -2.44. The third kappa shape index (κ3) is 2.50. The zero-order chi connectivity index (χ0) is 10.7. The molecule has 0 bridgehead atoms. The summed E-state index contributed by atoms with van der Waals surface area (Å²) in [6.45, 7) is 1.92. The Morgan fingerprint density at radius 1 is 1.27 bits per heavy atom. The first kappa shape index (κ1) is 10.9. The summed E-state index contributed by atoms with van der Waals surface area (Å²) < 4.78 is 0. The smallest absolute Gasteiger partial charge is 0.106 e. The molecule has 0 aromatic rings. The highest BCUT2D eigenvalue weighted by molar-refractivity contribution is 4.94. The Bertz CT molecular complexity index is 244. The lowest BCUT2D eigenvalue weighted by atomic mass is 9.78. The molecule has 0 aromatic carbocycles. The zero-order valence-electron chi connectivity index (χ0n) is 9.36. The monoisotopic (exact) mass is 207 g/mol. The Labute approximate surface area is 92.2 Å². The van der Waals surface area contributed by atoms with Crippen molar-refractivity contribution in [3.05, 3.63) is 0 Å². The average Bonchev–Trinajstić information content (AvgIpc) is 2.29. The van der Waals surface area contributed by atoms with Crippen molar-refractivity contribution in [3.63, 3.8) is 0 Å². The van der Waals surface area contributed by atoms with E-state index in [-0.39, 0.29) is 6.04 Å². The standard InChI is InChI=1S/C12H21N3/c13-8-11(14)9-15-7-3-5-10-4-1-2-6-12(10)15/h10-12H,1-7,9,14H2/t10-,11?,12-/m1/s1. The number of hydrogen-bond donors (Lipinski definition) is 1. The van der Waals surface area contributed by atoms with Crippen molar-refractivity contribution in [1.82, 2.24) is 4.90 Å². The van der Waals surface area contributed by atoms with E-state index in [2.05, 4.69) is 11.0 Å². The van der Waals surface area contributed by atoms with Crippen LogP contribution in [0.5, 0.6) is 0 Å². The van der Waals surface area contributed by atoms with Crippen molar-refractivity contribution in [2.45, 2.75) is 50.6 Å². The van der Waals surface area contributed by atoms with E-state index in [1.165, 1.54) is 38.5 Å². The van der Waals surface area contributed by atoms with E-state index < -0.39 is 0 Å². The number of nitriles is 1. The van der Waals surface area contributed by atoms with Gasteiger partial charge in [-0.15, -0.1) is 0 Å². The summed E-state index contributed by atoms with van der Waals surface area (Å²) in [5.41, 5.74) is 5.72. The molecule has 2 rings (SSSR count). The summed E-state index contributed by atoms with van der Waals surface area (Å²) in [6.07, 6.45) is 8.16. The van der Waals surface area contributed by atoms with Gasteiger partial charge in [0.25, 0.3) is 0 Å². The van der Waals surface area contributed by atoms with Gasteiger partial charge in [0.2, 0.25) is 0 Å². The van der Waals surface area contributed by atoms with Gasteiger partial charge in [-0.05, 0) is 38.1 Å². The van der Waals surface area contributed by atoms with Crippen LogP contribution in [0.2, 0.25) is 0 Å². The molecule has 15 heavy (non-hydrogen) atoms. The minimum Gasteiger partial charge on any atom is -0.315 e. The Morgan fingerprint density at radius 2 is 2.00 bits per heavy atom. The normalized spacial score (nSPS) is 34.1. The lowest BCUT2D eigenvalue weighted by Crippen LogP contribution is -2.50. The highest BCUT2D eigenvalue weighted by Crippen LogP contribution is 2.34. The minimum atomic E-state index is -0.300. The van der Waals surface area contributed by atoms with Gasteiger partial charge in [-0.25, -0.2) is 0 Å². The van der Waals surface area contributed by atoms with Crippen LogP contribution in [0.1, 0.15) is 38.5 Å². The quantitative estimate of drug-likeness (QED) is 0.746. The van der Waals surface area contributed by atoms with Gasteiger partial charge in [0.05, 0.1) is 6.07 Å².